The number of thiocarbonyl (C=S) groups is 1. The van der Waals surface area contributed by atoms with Crippen LogP contribution in [0.5, 0.6) is 0 Å². The number of hydrogen-bond acceptors (Lipinski definition) is 4. The molecule has 1 unspecified atom stereocenters. The van der Waals surface area contributed by atoms with Gasteiger partial charge >= 0.3 is 0 Å². The summed E-state index contributed by atoms with van der Waals surface area (Å²) >= 11 is 4.72. The number of halogens is 1. The zero-order chi connectivity index (χ0) is 15.8. The van der Waals surface area contributed by atoms with E-state index in [1.807, 2.05) is 0 Å². The highest BCUT2D eigenvalue weighted by atomic mass is 32.2. The molecule has 1 aromatic rings. The molecule has 0 saturated carbocycles. The lowest BCUT2D eigenvalue weighted by molar-refractivity contribution is -0.121. The number of carbonyl (C=O) groups excluding carboxylic acids is 1. The Labute approximate surface area is 127 Å². The standard InChI is InChI=1S/C12H14FN3O3S2/c13-7-3-1-5-9(10(7)12(15)20)21(18,19)16-6-2-4-8(16)11(14)17/h1,3,5,8H,2,4,6H2,(H2,14,17)(H2,15,20). The monoisotopic (exact) mass is 331 g/mol. The molecule has 0 radical (unpaired) electrons. The summed E-state index contributed by atoms with van der Waals surface area (Å²) in [5.74, 6) is -1.55. The van der Waals surface area contributed by atoms with E-state index in [0.717, 1.165) is 10.4 Å². The molecule has 1 aromatic carbocycles. The maximum Gasteiger partial charge on any atom is 0.244 e. The van der Waals surface area contributed by atoms with Crippen LogP contribution in [-0.4, -0.2) is 36.2 Å². The lowest BCUT2D eigenvalue weighted by atomic mass is 10.2. The molecule has 9 heteroatoms. The minimum absolute atomic E-state index is 0.142. The fourth-order valence-corrected chi connectivity index (χ4v) is 4.55. The summed E-state index contributed by atoms with van der Waals surface area (Å²) < 4.78 is 40.1. The lowest BCUT2D eigenvalue weighted by Gasteiger charge is -2.23. The van der Waals surface area contributed by atoms with Crippen LogP contribution in [0.15, 0.2) is 23.1 Å². The largest absolute Gasteiger partial charge is 0.389 e. The second-order valence-electron chi connectivity index (χ2n) is 4.65. The smallest absolute Gasteiger partial charge is 0.244 e. The van der Waals surface area contributed by atoms with Crippen LogP contribution in [0.4, 0.5) is 4.39 Å². The summed E-state index contributed by atoms with van der Waals surface area (Å²) in [6, 6.07) is 2.60. The van der Waals surface area contributed by atoms with Gasteiger partial charge < -0.3 is 11.5 Å². The van der Waals surface area contributed by atoms with Gasteiger partial charge in [-0.15, -0.1) is 0 Å². The van der Waals surface area contributed by atoms with Crippen LogP contribution in [0.25, 0.3) is 0 Å². The normalized spacial score (nSPS) is 19.6. The third-order valence-electron chi connectivity index (χ3n) is 3.34. The molecule has 114 valence electrons. The molecule has 1 aliphatic rings. The van der Waals surface area contributed by atoms with Gasteiger partial charge in [-0.2, -0.15) is 4.31 Å². The van der Waals surface area contributed by atoms with Crippen molar-refractivity contribution in [1.82, 2.24) is 4.31 Å². The first-order valence-electron chi connectivity index (χ1n) is 6.16. The van der Waals surface area contributed by atoms with E-state index in [2.05, 4.69) is 0 Å². The highest BCUT2D eigenvalue weighted by Gasteiger charge is 2.39. The Hall–Kier alpha value is -1.58. The molecule has 1 saturated heterocycles. The van der Waals surface area contributed by atoms with E-state index < -0.39 is 27.8 Å². The molecule has 4 N–H and O–H groups in total. The van der Waals surface area contributed by atoms with E-state index in [-0.39, 0.29) is 22.0 Å². The summed E-state index contributed by atoms with van der Waals surface area (Å²) in [6.07, 6.45) is 0.844. The predicted octanol–water partition coefficient (Wildman–Crippen LogP) is 0.0983. The Morgan fingerprint density at radius 1 is 1.38 bits per heavy atom. The van der Waals surface area contributed by atoms with Crippen molar-refractivity contribution >= 4 is 33.1 Å². The Morgan fingerprint density at radius 2 is 2.05 bits per heavy atom. The van der Waals surface area contributed by atoms with Gasteiger partial charge in [-0.1, -0.05) is 18.3 Å². The average Bonchev–Trinajstić information content (AvgIpc) is 2.87. The predicted molar refractivity (Wildman–Crippen MR) is 78.4 cm³/mol. The van der Waals surface area contributed by atoms with Gasteiger partial charge in [0.15, 0.2) is 0 Å². The molecule has 0 bridgehead atoms. The van der Waals surface area contributed by atoms with E-state index in [9.17, 15) is 17.6 Å². The topological polar surface area (TPSA) is 106 Å². The summed E-state index contributed by atoms with van der Waals surface area (Å²) in [4.78, 5) is 10.7. The van der Waals surface area contributed by atoms with Crippen molar-refractivity contribution in [3.8, 4) is 0 Å². The molecule has 0 aliphatic carbocycles. The van der Waals surface area contributed by atoms with Crippen LogP contribution >= 0.6 is 12.2 Å². The Morgan fingerprint density at radius 3 is 2.62 bits per heavy atom. The van der Waals surface area contributed by atoms with Crippen molar-refractivity contribution in [2.45, 2.75) is 23.8 Å². The zero-order valence-electron chi connectivity index (χ0n) is 11.0. The van der Waals surface area contributed by atoms with E-state index >= 15 is 0 Å². The fourth-order valence-electron chi connectivity index (χ4n) is 2.40. The van der Waals surface area contributed by atoms with Gasteiger partial charge in [-0.25, -0.2) is 12.8 Å². The highest BCUT2D eigenvalue weighted by molar-refractivity contribution is 7.89. The second-order valence-corrected chi connectivity index (χ2v) is 6.95. The first-order chi connectivity index (χ1) is 9.76. The van der Waals surface area contributed by atoms with Crippen molar-refractivity contribution in [3.05, 3.63) is 29.6 Å². The highest BCUT2D eigenvalue weighted by Crippen LogP contribution is 2.28. The number of primary amides is 1. The molecule has 21 heavy (non-hydrogen) atoms. The van der Waals surface area contributed by atoms with Crippen LogP contribution in [0.2, 0.25) is 0 Å². The van der Waals surface area contributed by atoms with Gasteiger partial charge in [-0.3, -0.25) is 4.79 Å². The Bertz CT molecular complexity index is 706. The number of sulfonamides is 1. The maximum absolute atomic E-state index is 13.8. The lowest BCUT2D eigenvalue weighted by Crippen LogP contribution is -2.44. The fraction of sp³-hybridized carbons (Fsp3) is 0.333. The van der Waals surface area contributed by atoms with E-state index in [4.69, 9.17) is 23.7 Å². The van der Waals surface area contributed by atoms with Crippen LogP contribution in [0.3, 0.4) is 0 Å². The molecule has 1 heterocycles. The van der Waals surface area contributed by atoms with Crippen molar-refractivity contribution in [3.63, 3.8) is 0 Å². The van der Waals surface area contributed by atoms with Crippen molar-refractivity contribution in [2.75, 3.05) is 6.54 Å². The van der Waals surface area contributed by atoms with Gasteiger partial charge in [0.05, 0.1) is 10.5 Å². The average molecular weight is 331 g/mol. The summed E-state index contributed by atoms with van der Waals surface area (Å²) in [6.45, 7) is 0.142. The van der Waals surface area contributed by atoms with Gasteiger partial charge in [0, 0.05) is 6.54 Å². The number of hydrogen-bond donors (Lipinski definition) is 2. The van der Waals surface area contributed by atoms with Crippen molar-refractivity contribution < 1.29 is 17.6 Å². The van der Waals surface area contributed by atoms with Gasteiger partial charge in [0.2, 0.25) is 15.9 Å². The van der Waals surface area contributed by atoms with Crippen LogP contribution in [-0.2, 0) is 14.8 Å². The molecular formula is C12H14FN3O3S2. The van der Waals surface area contributed by atoms with Gasteiger partial charge in [0.1, 0.15) is 16.8 Å². The second kappa shape index (κ2) is 5.66. The number of amides is 1. The first-order valence-corrected chi connectivity index (χ1v) is 8.01. The summed E-state index contributed by atoms with van der Waals surface area (Å²) in [5, 5.41) is 0. The quantitative estimate of drug-likeness (QED) is 0.761. The maximum atomic E-state index is 13.8. The minimum atomic E-state index is -4.11. The van der Waals surface area contributed by atoms with Crippen LogP contribution in [0.1, 0.15) is 18.4 Å². The van der Waals surface area contributed by atoms with Crippen molar-refractivity contribution in [2.24, 2.45) is 11.5 Å². The van der Waals surface area contributed by atoms with Gasteiger partial charge in [0.25, 0.3) is 0 Å². The number of nitrogens with zero attached hydrogens (tertiary/aromatic N) is 1. The summed E-state index contributed by atoms with van der Waals surface area (Å²) in [5.41, 5.74) is 10.3. The molecule has 1 amide bonds. The SMILES string of the molecule is NC(=O)C1CCCN1S(=O)(=O)c1cccc(F)c1C(N)=S. The van der Waals surface area contributed by atoms with E-state index in [1.54, 1.807) is 0 Å². The molecule has 6 nitrogen and oxygen atoms in total. The van der Waals surface area contributed by atoms with Crippen LogP contribution in [0, 0.1) is 5.82 Å². The number of carbonyl (C=O) groups is 1. The Balaban J connectivity index is 2.58. The third-order valence-corrected chi connectivity index (χ3v) is 5.50. The Kier molecular flexibility index (Phi) is 4.26. The third kappa shape index (κ3) is 2.76. The van der Waals surface area contributed by atoms with Crippen molar-refractivity contribution in [1.29, 1.82) is 0 Å². The summed E-state index contributed by atoms with van der Waals surface area (Å²) in [7, 11) is -4.11. The number of benzene rings is 1. The zero-order valence-corrected chi connectivity index (χ0v) is 12.6. The molecule has 2 rings (SSSR count). The molecule has 1 atom stereocenters. The molecule has 0 spiro atoms. The minimum Gasteiger partial charge on any atom is -0.389 e. The van der Waals surface area contributed by atoms with Crippen LogP contribution < -0.4 is 11.5 Å². The molecule has 1 fully saturated rings. The number of rotatable bonds is 4. The number of nitrogens with two attached hydrogens (primary N) is 2. The first kappa shape index (κ1) is 15.8. The van der Waals surface area contributed by atoms with E-state index in [0.29, 0.717) is 12.8 Å². The molecule has 1 aliphatic heterocycles. The van der Waals surface area contributed by atoms with E-state index in [1.165, 1.54) is 12.1 Å². The van der Waals surface area contributed by atoms with Gasteiger partial charge in [-0.05, 0) is 25.0 Å². The molecule has 0 aromatic heterocycles. The molecular weight excluding hydrogens is 317 g/mol.